The van der Waals surface area contributed by atoms with Crippen LogP contribution in [0.2, 0.25) is 0 Å². The molecule has 0 aliphatic rings. The lowest BCUT2D eigenvalue weighted by atomic mass is 10.3. The fourth-order valence-electron chi connectivity index (χ4n) is 0.838. The maximum absolute atomic E-state index is 10.3. The Morgan fingerprint density at radius 1 is 1.82 bits per heavy atom. The molecule has 0 radical (unpaired) electrons. The van der Waals surface area contributed by atoms with Gasteiger partial charge in [0.1, 0.15) is 5.69 Å². The summed E-state index contributed by atoms with van der Waals surface area (Å²) in [5.41, 5.74) is 5.59. The summed E-state index contributed by atoms with van der Waals surface area (Å²) in [7, 11) is 0. The minimum Gasteiger partial charge on any atom is -0.376 e. The summed E-state index contributed by atoms with van der Waals surface area (Å²) in [6, 6.07) is 0. The van der Waals surface area contributed by atoms with Crippen LogP contribution in [-0.4, -0.2) is 15.1 Å². The zero-order valence-electron chi connectivity index (χ0n) is 6.00. The van der Waals surface area contributed by atoms with E-state index in [2.05, 4.69) is 10.2 Å². The molecule has 0 saturated heterocycles. The molecule has 0 aliphatic carbocycles. The van der Waals surface area contributed by atoms with E-state index in [-0.39, 0.29) is 11.5 Å². The lowest BCUT2D eigenvalue weighted by Gasteiger charge is -1.89. The van der Waals surface area contributed by atoms with Crippen LogP contribution in [0.1, 0.15) is 12.6 Å². The number of aromatic amines is 1. The summed E-state index contributed by atoms with van der Waals surface area (Å²) in [6.45, 7) is 1.79. The highest BCUT2D eigenvalue weighted by atomic mass is 16.6. The van der Waals surface area contributed by atoms with E-state index in [4.69, 9.17) is 5.73 Å². The summed E-state index contributed by atoms with van der Waals surface area (Å²) in [5, 5.41) is 16.3. The topological polar surface area (TPSA) is 97.8 Å². The van der Waals surface area contributed by atoms with Crippen LogP contribution < -0.4 is 5.73 Å². The van der Waals surface area contributed by atoms with E-state index in [1.54, 1.807) is 6.92 Å². The molecule has 3 N–H and O–H groups in total. The normalized spacial score (nSPS) is 9.91. The van der Waals surface area contributed by atoms with Crippen molar-refractivity contribution in [2.45, 2.75) is 13.3 Å². The van der Waals surface area contributed by atoms with Crippen molar-refractivity contribution >= 4 is 11.5 Å². The predicted molar refractivity (Wildman–Crippen MR) is 39.0 cm³/mol. The van der Waals surface area contributed by atoms with Gasteiger partial charge in [0, 0.05) is 0 Å². The molecular formula is C5H8N4O2. The molecule has 0 spiro atoms. The highest BCUT2D eigenvalue weighted by Gasteiger charge is 2.19. The van der Waals surface area contributed by atoms with Crippen molar-refractivity contribution in [1.29, 1.82) is 0 Å². The maximum Gasteiger partial charge on any atom is 0.333 e. The highest BCUT2D eigenvalue weighted by Crippen LogP contribution is 2.22. The number of nitrogens with two attached hydrogens (primary N) is 1. The van der Waals surface area contributed by atoms with Gasteiger partial charge in [-0.05, 0) is 6.42 Å². The van der Waals surface area contributed by atoms with Gasteiger partial charge in [-0.2, -0.15) is 5.10 Å². The number of anilines is 1. The molecular weight excluding hydrogens is 148 g/mol. The van der Waals surface area contributed by atoms with Gasteiger partial charge in [-0.1, -0.05) is 6.92 Å². The van der Waals surface area contributed by atoms with Crippen LogP contribution in [0.3, 0.4) is 0 Å². The number of nitrogens with one attached hydrogen (secondary N) is 1. The van der Waals surface area contributed by atoms with Crippen molar-refractivity contribution in [3.8, 4) is 0 Å². The van der Waals surface area contributed by atoms with E-state index in [0.29, 0.717) is 12.1 Å². The van der Waals surface area contributed by atoms with E-state index in [0.717, 1.165) is 0 Å². The second-order valence-corrected chi connectivity index (χ2v) is 2.05. The Kier molecular flexibility index (Phi) is 1.75. The Hall–Kier alpha value is -1.59. The molecule has 0 atom stereocenters. The first-order chi connectivity index (χ1) is 5.16. The summed E-state index contributed by atoms with van der Waals surface area (Å²) in [4.78, 5) is 9.80. The molecule has 11 heavy (non-hydrogen) atoms. The van der Waals surface area contributed by atoms with Crippen LogP contribution in [0.5, 0.6) is 0 Å². The lowest BCUT2D eigenvalue weighted by molar-refractivity contribution is -0.384. The van der Waals surface area contributed by atoms with E-state index >= 15 is 0 Å². The zero-order chi connectivity index (χ0) is 8.43. The molecule has 0 unspecified atom stereocenters. The molecule has 1 aromatic rings. The monoisotopic (exact) mass is 156 g/mol. The number of hydrogen-bond donors (Lipinski definition) is 2. The number of aromatic nitrogens is 2. The molecule has 6 nitrogen and oxygen atoms in total. The van der Waals surface area contributed by atoms with Crippen LogP contribution >= 0.6 is 0 Å². The summed E-state index contributed by atoms with van der Waals surface area (Å²) in [6.07, 6.45) is 0.528. The maximum atomic E-state index is 10.3. The molecule has 0 bridgehead atoms. The molecule has 0 aliphatic heterocycles. The second kappa shape index (κ2) is 2.57. The Balaban J connectivity index is 3.17. The van der Waals surface area contributed by atoms with Crippen molar-refractivity contribution in [3.05, 3.63) is 15.8 Å². The molecule has 0 fully saturated rings. The number of rotatable bonds is 2. The first-order valence-corrected chi connectivity index (χ1v) is 3.14. The molecule has 0 aromatic carbocycles. The molecule has 6 heteroatoms. The number of H-pyrrole nitrogens is 1. The Morgan fingerprint density at radius 3 is 2.82 bits per heavy atom. The summed E-state index contributed by atoms with van der Waals surface area (Å²) < 4.78 is 0. The van der Waals surface area contributed by atoms with Gasteiger partial charge in [0.15, 0.2) is 0 Å². The molecule has 1 heterocycles. The van der Waals surface area contributed by atoms with Crippen molar-refractivity contribution in [1.82, 2.24) is 10.2 Å². The minimum absolute atomic E-state index is 0.0492. The predicted octanol–water partition coefficient (Wildman–Crippen LogP) is 0.462. The Bertz CT molecular complexity index is 280. The van der Waals surface area contributed by atoms with Gasteiger partial charge < -0.3 is 5.73 Å². The van der Waals surface area contributed by atoms with Gasteiger partial charge in [0.25, 0.3) is 0 Å². The first kappa shape index (κ1) is 7.52. The van der Waals surface area contributed by atoms with E-state index in [9.17, 15) is 10.1 Å². The second-order valence-electron chi connectivity index (χ2n) is 2.05. The first-order valence-electron chi connectivity index (χ1n) is 3.14. The van der Waals surface area contributed by atoms with Gasteiger partial charge in [-0.3, -0.25) is 15.2 Å². The van der Waals surface area contributed by atoms with Gasteiger partial charge in [-0.25, -0.2) is 0 Å². The average Bonchev–Trinajstić information content (AvgIpc) is 2.30. The molecule has 0 saturated carbocycles. The Morgan fingerprint density at radius 2 is 2.45 bits per heavy atom. The quantitative estimate of drug-likeness (QED) is 0.480. The minimum atomic E-state index is -0.530. The number of hydrogen-bond acceptors (Lipinski definition) is 4. The van der Waals surface area contributed by atoms with Gasteiger partial charge in [0.05, 0.1) is 4.92 Å². The summed E-state index contributed by atoms with van der Waals surface area (Å²) >= 11 is 0. The van der Waals surface area contributed by atoms with E-state index in [1.165, 1.54) is 0 Å². The number of nitrogens with zero attached hydrogens (tertiary/aromatic N) is 2. The van der Waals surface area contributed by atoms with Gasteiger partial charge in [-0.15, -0.1) is 0 Å². The molecule has 1 rings (SSSR count). The van der Waals surface area contributed by atoms with Crippen LogP contribution in [0, 0.1) is 10.1 Å². The molecule has 1 aromatic heterocycles. The van der Waals surface area contributed by atoms with Crippen LogP contribution in [0.4, 0.5) is 11.5 Å². The van der Waals surface area contributed by atoms with Crippen molar-refractivity contribution < 1.29 is 4.92 Å². The highest BCUT2D eigenvalue weighted by molar-refractivity contribution is 5.55. The van der Waals surface area contributed by atoms with Crippen LogP contribution in [-0.2, 0) is 6.42 Å². The largest absolute Gasteiger partial charge is 0.376 e. The number of aryl methyl sites for hydroxylation is 1. The zero-order valence-corrected chi connectivity index (χ0v) is 6.00. The standard InChI is InChI=1S/C5H8N4O2/c1-2-3-4(9(10)11)5(6)8-7-3/h2H2,1H3,(H3,6,7,8). The fourth-order valence-corrected chi connectivity index (χ4v) is 0.838. The van der Waals surface area contributed by atoms with Crippen LogP contribution in [0.15, 0.2) is 0 Å². The van der Waals surface area contributed by atoms with Gasteiger partial charge >= 0.3 is 5.69 Å². The summed E-state index contributed by atoms with van der Waals surface area (Å²) in [5.74, 6) is -0.0492. The SMILES string of the molecule is CCc1[nH]nc(N)c1[N+](=O)[O-]. The third kappa shape index (κ3) is 1.14. The van der Waals surface area contributed by atoms with Gasteiger partial charge in [0.2, 0.25) is 5.82 Å². The lowest BCUT2D eigenvalue weighted by Crippen LogP contribution is -1.95. The van der Waals surface area contributed by atoms with E-state index < -0.39 is 4.92 Å². The van der Waals surface area contributed by atoms with Crippen molar-refractivity contribution in [3.63, 3.8) is 0 Å². The third-order valence-corrected chi connectivity index (χ3v) is 1.38. The number of nitrogen functional groups attached to an aromatic ring is 1. The van der Waals surface area contributed by atoms with Crippen molar-refractivity contribution in [2.75, 3.05) is 5.73 Å². The molecule has 0 amide bonds. The van der Waals surface area contributed by atoms with E-state index in [1.807, 2.05) is 0 Å². The number of nitro groups is 1. The average molecular weight is 156 g/mol. The van der Waals surface area contributed by atoms with Crippen molar-refractivity contribution in [2.24, 2.45) is 0 Å². The smallest absolute Gasteiger partial charge is 0.333 e. The molecule has 60 valence electrons. The fraction of sp³-hybridized carbons (Fsp3) is 0.400. The third-order valence-electron chi connectivity index (χ3n) is 1.38. The van der Waals surface area contributed by atoms with Crippen LogP contribution in [0.25, 0.3) is 0 Å². The Labute approximate surface area is 62.6 Å².